The van der Waals surface area contributed by atoms with Crippen LogP contribution in [-0.4, -0.2) is 26.1 Å². The summed E-state index contributed by atoms with van der Waals surface area (Å²) in [5.41, 5.74) is 2.87. The van der Waals surface area contributed by atoms with Crippen molar-refractivity contribution in [2.75, 3.05) is 5.32 Å². The molecule has 4 aromatic rings. The molecule has 0 aliphatic carbocycles. The second-order valence-corrected chi connectivity index (χ2v) is 6.92. The Hall–Kier alpha value is -4.00. The van der Waals surface area contributed by atoms with Gasteiger partial charge < -0.3 is 10.1 Å². The molecule has 0 radical (unpaired) electrons. The van der Waals surface area contributed by atoms with Crippen molar-refractivity contribution in [3.63, 3.8) is 0 Å². The van der Waals surface area contributed by atoms with Crippen molar-refractivity contribution < 1.29 is 9.53 Å². The number of carbonyl (C=O) groups is 1. The first kappa shape index (κ1) is 19.3. The van der Waals surface area contributed by atoms with Crippen LogP contribution in [0.4, 0.5) is 5.69 Å². The van der Waals surface area contributed by atoms with Crippen LogP contribution in [0.15, 0.2) is 85.2 Å². The van der Waals surface area contributed by atoms with Crippen LogP contribution in [0.25, 0.3) is 0 Å². The van der Waals surface area contributed by atoms with Crippen molar-refractivity contribution >= 4 is 11.6 Å². The van der Waals surface area contributed by atoms with E-state index in [1.165, 1.54) is 16.6 Å². The molecule has 1 atom stereocenters. The molecule has 1 heterocycles. The fourth-order valence-electron chi connectivity index (χ4n) is 3.03. The highest BCUT2D eigenvalue weighted by Crippen LogP contribution is 2.24. The number of nitrogens with zero attached hydrogens (tertiary/aromatic N) is 4. The van der Waals surface area contributed by atoms with Gasteiger partial charge in [-0.05, 0) is 59.3 Å². The summed E-state index contributed by atoms with van der Waals surface area (Å²) in [5.74, 6) is 1.26. The predicted octanol–water partition coefficient (Wildman–Crippen LogP) is 4.20. The molecule has 0 aliphatic heterocycles. The molecule has 0 spiro atoms. The summed E-state index contributed by atoms with van der Waals surface area (Å²) >= 11 is 0. The van der Waals surface area contributed by atoms with Gasteiger partial charge in [0.25, 0.3) is 0 Å². The van der Waals surface area contributed by atoms with Gasteiger partial charge in [-0.1, -0.05) is 48.0 Å². The van der Waals surface area contributed by atoms with E-state index >= 15 is 0 Å². The first-order valence-electron chi connectivity index (χ1n) is 9.59. The van der Waals surface area contributed by atoms with E-state index in [9.17, 15) is 4.79 Å². The van der Waals surface area contributed by atoms with Crippen LogP contribution in [0.1, 0.15) is 17.2 Å². The van der Waals surface area contributed by atoms with Gasteiger partial charge in [-0.3, -0.25) is 4.79 Å². The number of anilines is 1. The van der Waals surface area contributed by atoms with E-state index in [-0.39, 0.29) is 5.91 Å². The number of aryl methyl sites for hydroxylation is 1. The Morgan fingerprint density at radius 2 is 1.63 bits per heavy atom. The molecule has 0 aliphatic rings. The number of hydrogen-bond donors (Lipinski definition) is 1. The van der Waals surface area contributed by atoms with Gasteiger partial charge in [0.1, 0.15) is 23.9 Å². The van der Waals surface area contributed by atoms with Gasteiger partial charge in [0.15, 0.2) is 0 Å². The topological polar surface area (TPSA) is 81.9 Å². The maximum Gasteiger partial charge on any atom is 0.249 e. The summed E-state index contributed by atoms with van der Waals surface area (Å²) in [4.78, 5) is 13.0. The second-order valence-electron chi connectivity index (χ2n) is 6.92. The van der Waals surface area contributed by atoms with Crippen molar-refractivity contribution in [2.24, 2.45) is 0 Å². The molecule has 30 heavy (non-hydrogen) atoms. The van der Waals surface area contributed by atoms with E-state index in [0.717, 1.165) is 11.3 Å². The first-order chi connectivity index (χ1) is 14.7. The zero-order chi connectivity index (χ0) is 20.8. The Kier molecular flexibility index (Phi) is 5.80. The maximum atomic E-state index is 13.0. The molecule has 0 unspecified atom stereocenters. The number of benzene rings is 3. The van der Waals surface area contributed by atoms with E-state index in [2.05, 4.69) is 20.8 Å². The molecular weight excluding hydrogens is 378 g/mol. The number of ether oxygens (including phenoxy) is 1. The average molecular weight is 399 g/mol. The summed E-state index contributed by atoms with van der Waals surface area (Å²) in [6.45, 7) is 2.03. The quantitative estimate of drug-likeness (QED) is 0.504. The number of hydrogen-bond acceptors (Lipinski definition) is 5. The normalized spacial score (nSPS) is 11.6. The van der Waals surface area contributed by atoms with Crippen molar-refractivity contribution in [1.82, 2.24) is 20.2 Å². The van der Waals surface area contributed by atoms with Crippen molar-refractivity contribution in [1.29, 1.82) is 0 Å². The largest absolute Gasteiger partial charge is 0.457 e. The minimum atomic E-state index is -0.564. The molecule has 7 heteroatoms. The fraction of sp³-hybridized carbons (Fsp3) is 0.130. The van der Waals surface area contributed by atoms with E-state index < -0.39 is 6.04 Å². The minimum absolute atomic E-state index is 0.196. The smallest absolute Gasteiger partial charge is 0.249 e. The lowest BCUT2D eigenvalue weighted by Gasteiger charge is -2.16. The molecule has 0 fully saturated rings. The molecular formula is C23H21N5O2. The third-order valence-electron chi connectivity index (χ3n) is 4.64. The minimum Gasteiger partial charge on any atom is -0.457 e. The van der Waals surface area contributed by atoms with Crippen molar-refractivity contribution in [3.05, 3.63) is 96.3 Å². The van der Waals surface area contributed by atoms with Gasteiger partial charge in [-0.2, -0.15) is 0 Å². The standard InChI is InChI=1S/C23H21N5O2/c1-17-7-11-20(12-8-17)30-21-13-9-19(10-14-21)25-23(29)22(28-16-24-26-27-28)15-18-5-3-2-4-6-18/h2-14,16,22H,15H2,1H3,(H,25,29)/t22-/m0/s1. The molecule has 0 bridgehead atoms. The second kappa shape index (κ2) is 9.00. The lowest BCUT2D eigenvalue weighted by atomic mass is 10.1. The van der Waals surface area contributed by atoms with Crippen LogP contribution in [0.3, 0.4) is 0 Å². The van der Waals surface area contributed by atoms with Crippen LogP contribution in [0.5, 0.6) is 11.5 Å². The molecule has 1 amide bonds. The van der Waals surface area contributed by atoms with Crippen molar-refractivity contribution in [2.45, 2.75) is 19.4 Å². The van der Waals surface area contributed by atoms with Gasteiger partial charge in [0, 0.05) is 12.1 Å². The third-order valence-corrected chi connectivity index (χ3v) is 4.64. The number of aromatic nitrogens is 4. The van der Waals surface area contributed by atoms with Gasteiger partial charge in [0.05, 0.1) is 0 Å². The summed E-state index contributed by atoms with van der Waals surface area (Å²) in [5, 5.41) is 14.2. The number of tetrazole rings is 1. The van der Waals surface area contributed by atoms with Gasteiger partial charge >= 0.3 is 0 Å². The zero-order valence-corrected chi connectivity index (χ0v) is 16.5. The van der Waals surface area contributed by atoms with Crippen LogP contribution < -0.4 is 10.1 Å². The van der Waals surface area contributed by atoms with Crippen molar-refractivity contribution in [3.8, 4) is 11.5 Å². The SMILES string of the molecule is Cc1ccc(Oc2ccc(NC(=O)[C@H](Cc3ccccc3)n3cnnn3)cc2)cc1. The lowest BCUT2D eigenvalue weighted by molar-refractivity contribution is -0.119. The monoisotopic (exact) mass is 399 g/mol. The molecule has 0 saturated carbocycles. The molecule has 1 aromatic heterocycles. The van der Waals surface area contributed by atoms with Gasteiger partial charge in [-0.15, -0.1) is 5.10 Å². The number of carbonyl (C=O) groups excluding carboxylic acids is 1. The Labute approximate surface area is 174 Å². The predicted molar refractivity (Wildman–Crippen MR) is 113 cm³/mol. The van der Waals surface area contributed by atoms with E-state index in [4.69, 9.17) is 4.74 Å². The number of nitrogens with one attached hydrogen (secondary N) is 1. The first-order valence-corrected chi connectivity index (χ1v) is 9.59. The lowest BCUT2D eigenvalue weighted by Crippen LogP contribution is -2.28. The Balaban J connectivity index is 1.45. The fourth-order valence-corrected chi connectivity index (χ4v) is 3.03. The molecule has 0 saturated heterocycles. The van der Waals surface area contributed by atoms with Crippen LogP contribution in [-0.2, 0) is 11.2 Å². The molecule has 3 aromatic carbocycles. The van der Waals surface area contributed by atoms with E-state index in [0.29, 0.717) is 17.9 Å². The summed E-state index contributed by atoms with van der Waals surface area (Å²) in [7, 11) is 0. The highest BCUT2D eigenvalue weighted by atomic mass is 16.5. The Bertz CT molecular complexity index is 1080. The Morgan fingerprint density at radius 1 is 0.967 bits per heavy atom. The maximum absolute atomic E-state index is 13.0. The average Bonchev–Trinajstić information content (AvgIpc) is 3.30. The summed E-state index contributed by atoms with van der Waals surface area (Å²) < 4.78 is 7.30. The molecule has 150 valence electrons. The number of rotatable bonds is 7. The number of amides is 1. The van der Waals surface area contributed by atoms with Crippen LogP contribution in [0, 0.1) is 6.92 Å². The highest BCUT2D eigenvalue weighted by molar-refractivity contribution is 5.93. The molecule has 7 nitrogen and oxygen atoms in total. The van der Waals surface area contributed by atoms with E-state index in [1.807, 2.05) is 73.7 Å². The van der Waals surface area contributed by atoms with Gasteiger partial charge in [-0.25, -0.2) is 4.68 Å². The summed E-state index contributed by atoms with van der Waals surface area (Å²) in [6.07, 6.45) is 1.93. The molecule has 4 rings (SSSR count). The van der Waals surface area contributed by atoms with Crippen LogP contribution >= 0.6 is 0 Å². The highest BCUT2D eigenvalue weighted by Gasteiger charge is 2.22. The molecule has 1 N–H and O–H groups in total. The third kappa shape index (κ3) is 4.88. The summed E-state index contributed by atoms with van der Waals surface area (Å²) in [6, 6.07) is 24.3. The van der Waals surface area contributed by atoms with Crippen LogP contribution in [0.2, 0.25) is 0 Å². The van der Waals surface area contributed by atoms with E-state index in [1.54, 1.807) is 12.1 Å². The Morgan fingerprint density at radius 3 is 2.27 bits per heavy atom. The zero-order valence-electron chi connectivity index (χ0n) is 16.5. The van der Waals surface area contributed by atoms with Gasteiger partial charge in [0.2, 0.25) is 5.91 Å².